The summed E-state index contributed by atoms with van der Waals surface area (Å²) < 4.78 is 10.7. The highest BCUT2D eigenvalue weighted by Gasteiger charge is 2.22. The maximum atomic E-state index is 11.7. The molecule has 0 bridgehead atoms. The maximum Gasteiger partial charge on any atom is 0.337 e. The van der Waals surface area contributed by atoms with Gasteiger partial charge in [0.25, 0.3) is 0 Å². The smallest absolute Gasteiger partial charge is 0.337 e. The Hall–Kier alpha value is -3.64. The van der Waals surface area contributed by atoms with Crippen LogP contribution in [0.5, 0.6) is 0 Å². The van der Waals surface area contributed by atoms with Crippen LogP contribution in [0.4, 0.5) is 5.69 Å². The van der Waals surface area contributed by atoms with Gasteiger partial charge in [0.15, 0.2) is 0 Å². The van der Waals surface area contributed by atoms with Crippen molar-refractivity contribution in [3.05, 3.63) is 101 Å². The molecule has 1 heterocycles. The number of nitrogens with zero attached hydrogens (tertiary/aromatic N) is 2. The van der Waals surface area contributed by atoms with Crippen molar-refractivity contribution in [3.8, 4) is 11.5 Å². The zero-order chi connectivity index (χ0) is 20.9. The lowest BCUT2D eigenvalue weighted by Gasteiger charge is -2.17. The lowest BCUT2D eigenvalue weighted by molar-refractivity contribution is 0.0601. The van der Waals surface area contributed by atoms with Gasteiger partial charge in [-0.05, 0) is 42.0 Å². The first-order valence-electron chi connectivity index (χ1n) is 9.24. The number of benzene rings is 3. The predicted molar refractivity (Wildman–Crippen MR) is 114 cm³/mol. The van der Waals surface area contributed by atoms with Gasteiger partial charge < -0.3 is 14.5 Å². The molecule has 0 aliphatic rings. The number of methoxy groups -OCH3 is 1. The highest BCUT2D eigenvalue weighted by atomic mass is 35.5. The molecule has 0 saturated heterocycles. The van der Waals surface area contributed by atoms with Crippen molar-refractivity contribution in [3.63, 3.8) is 0 Å². The lowest BCUT2D eigenvalue weighted by Crippen LogP contribution is -2.13. The Bertz CT molecular complexity index is 1140. The molecule has 0 unspecified atom stereocenters. The molecule has 3 aromatic carbocycles. The van der Waals surface area contributed by atoms with Crippen molar-refractivity contribution in [2.45, 2.75) is 6.04 Å². The van der Waals surface area contributed by atoms with Gasteiger partial charge in [0.05, 0.1) is 23.3 Å². The molecular formula is C23H18ClN3O3. The highest BCUT2D eigenvalue weighted by Crippen LogP contribution is 2.31. The van der Waals surface area contributed by atoms with Crippen molar-refractivity contribution in [1.29, 1.82) is 0 Å². The summed E-state index contributed by atoms with van der Waals surface area (Å²) in [6.45, 7) is 0. The number of ether oxygens (including phenoxy) is 1. The number of aromatic nitrogens is 2. The van der Waals surface area contributed by atoms with Crippen LogP contribution in [0.1, 0.15) is 27.9 Å². The number of carbonyl (C=O) groups excluding carboxylic acids is 1. The van der Waals surface area contributed by atoms with E-state index >= 15 is 0 Å². The molecule has 0 spiro atoms. The molecule has 1 atom stereocenters. The maximum absolute atomic E-state index is 11.7. The van der Waals surface area contributed by atoms with Crippen LogP contribution in [0.2, 0.25) is 5.02 Å². The Morgan fingerprint density at radius 2 is 1.67 bits per heavy atom. The fourth-order valence-corrected chi connectivity index (χ4v) is 3.23. The van der Waals surface area contributed by atoms with Gasteiger partial charge in [0, 0.05) is 5.69 Å². The largest absolute Gasteiger partial charge is 0.465 e. The molecule has 0 fully saturated rings. The molecule has 0 aliphatic heterocycles. The molecular weight excluding hydrogens is 402 g/mol. The molecule has 7 heteroatoms. The molecule has 1 N–H and O–H groups in total. The Morgan fingerprint density at radius 1 is 0.967 bits per heavy atom. The minimum atomic E-state index is -0.390. The summed E-state index contributed by atoms with van der Waals surface area (Å²) in [6.07, 6.45) is 0. The summed E-state index contributed by atoms with van der Waals surface area (Å²) in [7, 11) is 1.35. The summed E-state index contributed by atoms with van der Waals surface area (Å²) in [5.41, 5.74) is 2.88. The van der Waals surface area contributed by atoms with Gasteiger partial charge in [-0.25, -0.2) is 4.79 Å². The topological polar surface area (TPSA) is 77.2 Å². The van der Waals surface area contributed by atoms with E-state index in [4.69, 9.17) is 20.8 Å². The average Bonchev–Trinajstić information content (AvgIpc) is 3.28. The number of nitrogens with one attached hydrogen (secondary N) is 1. The Labute approximate surface area is 178 Å². The molecule has 4 aromatic rings. The summed E-state index contributed by atoms with van der Waals surface area (Å²) in [4.78, 5) is 11.7. The molecule has 4 rings (SSSR count). The van der Waals surface area contributed by atoms with E-state index in [1.165, 1.54) is 7.11 Å². The van der Waals surface area contributed by atoms with Crippen LogP contribution in [-0.4, -0.2) is 23.3 Å². The number of halogens is 1. The van der Waals surface area contributed by atoms with Gasteiger partial charge >= 0.3 is 5.97 Å². The van der Waals surface area contributed by atoms with E-state index in [2.05, 4.69) is 15.5 Å². The second-order valence-electron chi connectivity index (χ2n) is 6.48. The van der Waals surface area contributed by atoms with Gasteiger partial charge in [-0.15, -0.1) is 10.2 Å². The van der Waals surface area contributed by atoms with Gasteiger partial charge in [0.2, 0.25) is 11.8 Å². The van der Waals surface area contributed by atoms with Crippen LogP contribution in [0, 0.1) is 0 Å². The van der Waals surface area contributed by atoms with Crippen molar-refractivity contribution >= 4 is 23.3 Å². The number of carbonyl (C=O) groups is 1. The van der Waals surface area contributed by atoms with Crippen molar-refractivity contribution in [2.75, 3.05) is 12.4 Å². The zero-order valence-corrected chi connectivity index (χ0v) is 16.8. The van der Waals surface area contributed by atoms with Crippen molar-refractivity contribution in [2.24, 2.45) is 0 Å². The third kappa shape index (κ3) is 4.18. The normalized spacial score (nSPS) is 11.7. The molecule has 6 nitrogen and oxygen atoms in total. The third-order valence-electron chi connectivity index (χ3n) is 4.54. The van der Waals surface area contributed by atoms with Gasteiger partial charge in [-0.3, -0.25) is 0 Å². The van der Waals surface area contributed by atoms with Gasteiger partial charge in [-0.1, -0.05) is 54.1 Å². The monoisotopic (exact) mass is 419 g/mol. The number of rotatable bonds is 6. The van der Waals surface area contributed by atoms with E-state index in [9.17, 15) is 4.79 Å². The lowest BCUT2D eigenvalue weighted by atomic mass is 10.1. The van der Waals surface area contributed by atoms with Crippen LogP contribution in [0.3, 0.4) is 0 Å². The molecule has 1 aromatic heterocycles. The molecule has 30 heavy (non-hydrogen) atoms. The van der Waals surface area contributed by atoms with E-state index in [0.717, 1.165) is 11.3 Å². The van der Waals surface area contributed by atoms with Gasteiger partial charge in [0.1, 0.15) is 6.04 Å². The van der Waals surface area contributed by atoms with Crippen molar-refractivity contribution < 1.29 is 13.9 Å². The highest BCUT2D eigenvalue weighted by molar-refractivity contribution is 6.33. The second-order valence-corrected chi connectivity index (χ2v) is 6.89. The van der Waals surface area contributed by atoms with Crippen LogP contribution < -0.4 is 5.32 Å². The van der Waals surface area contributed by atoms with E-state index in [0.29, 0.717) is 27.9 Å². The van der Waals surface area contributed by atoms with Gasteiger partial charge in [-0.2, -0.15) is 0 Å². The Morgan fingerprint density at radius 3 is 2.37 bits per heavy atom. The molecule has 0 amide bonds. The third-order valence-corrected chi connectivity index (χ3v) is 4.87. The van der Waals surface area contributed by atoms with E-state index < -0.39 is 0 Å². The Kier molecular flexibility index (Phi) is 5.77. The summed E-state index contributed by atoms with van der Waals surface area (Å²) in [6, 6.07) is 23.7. The quantitative estimate of drug-likeness (QED) is 0.423. The fraction of sp³-hybridized carbons (Fsp3) is 0.0870. The van der Waals surface area contributed by atoms with Crippen LogP contribution in [-0.2, 0) is 4.74 Å². The summed E-state index contributed by atoms with van der Waals surface area (Å²) in [5.74, 6) is 0.356. The van der Waals surface area contributed by atoms with E-state index in [1.54, 1.807) is 30.3 Å². The summed E-state index contributed by atoms with van der Waals surface area (Å²) >= 11 is 6.27. The van der Waals surface area contributed by atoms with E-state index in [1.807, 2.05) is 48.5 Å². The number of anilines is 1. The molecule has 0 saturated carbocycles. The molecule has 0 aliphatic carbocycles. The van der Waals surface area contributed by atoms with Crippen molar-refractivity contribution in [1.82, 2.24) is 10.2 Å². The minimum absolute atomic E-state index is 0.347. The SMILES string of the molecule is COC(=O)c1ccc(N[C@H](c2ccccc2)c2nnc(-c3ccccc3Cl)o2)cc1. The Balaban J connectivity index is 1.66. The zero-order valence-electron chi connectivity index (χ0n) is 16.1. The average molecular weight is 420 g/mol. The predicted octanol–water partition coefficient (Wildman–Crippen LogP) is 5.38. The number of hydrogen-bond acceptors (Lipinski definition) is 6. The van der Waals surface area contributed by atoms with Crippen LogP contribution in [0.15, 0.2) is 83.3 Å². The first-order valence-corrected chi connectivity index (χ1v) is 9.61. The number of hydrogen-bond donors (Lipinski definition) is 1. The first kappa shape index (κ1) is 19.7. The fourth-order valence-electron chi connectivity index (χ4n) is 3.01. The van der Waals surface area contributed by atoms with Crippen LogP contribution >= 0.6 is 11.6 Å². The number of esters is 1. The standard InChI is InChI=1S/C23H18ClN3O3/c1-29-23(28)16-11-13-17(14-12-16)25-20(15-7-3-2-4-8-15)22-27-26-21(30-22)18-9-5-6-10-19(18)24/h2-14,20,25H,1H3/t20-/m1/s1. The molecule has 150 valence electrons. The molecule has 0 radical (unpaired) electrons. The second kappa shape index (κ2) is 8.80. The van der Waals surface area contributed by atoms with E-state index in [-0.39, 0.29) is 12.0 Å². The summed E-state index contributed by atoms with van der Waals surface area (Å²) in [5, 5.41) is 12.4. The first-order chi connectivity index (χ1) is 14.7. The van der Waals surface area contributed by atoms with Crippen LogP contribution in [0.25, 0.3) is 11.5 Å². The minimum Gasteiger partial charge on any atom is -0.465 e.